The maximum Gasteiger partial charge on any atom is 0.0921 e. The molecule has 0 amide bonds. The van der Waals surface area contributed by atoms with Crippen molar-refractivity contribution in [2.45, 2.75) is 31.5 Å². The second kappa shape index (κ2) is 4.74. The zero-order valence-corrected chi connectivity index (χ0v) is 12.9. The highest BCUT2D eigenvalue weighted by Gasteiger charge is 2.33. The molecule has 3 rings (SSSR count). The minimum atomic E-state index is -0.611. The largest absolute Gasteiger partial charge is 0.385 e. The summed E-state index contributed by atoms with van der Waals surface area (Å²) in [5, 5.41) is 10.8. The van der Waals surface area contributed by atoms with Crippen molar-refractivity contribution in [2.24, 2.45) is 0 Å². The van der Waals surface area contributed by atoms with E-state index in [9.17, 15) is 5.11 Å². The summed E-state index contributed by atoms with van der Waals surface area (Å²) in [5.74, 6) is 0. The van der Waals surface area contributed by atoms with E-state index < -0.39 is 5.60 Å². The van der Waals surface area contributed by atoms with E-state index in [2.05, 4.69) is 56.1 Å². The number of hydrogen-bond donors (Lipinski definition) is 1. The van der Waals surface area contributed by atoms with Gasteiger partial charge in [0.1, 0.15) is 0 Å². The molecular formula is C14H19IN2O. The van der Waals surface area contributed by atoms with Gasteiger partial charge < -0.3 is 10.0 Å². The first-order valence-corrected chi connectivity index (χ1v) is 7.47. The summed E-state index contributed by atoms with van der Waals surface area (Å²) in [5.41, 5.74) is 3.29. The zero-order valence-electron chi connectivity index (χ0n) is 10.7. The van der Waals surface area contributed by atoms with Crippen LogP contribution >= 0.6 is 22.9 Å². The van der Waals surface area contributed by atoms with Crippen LogP contribution in [0.1, 0.15) is 29.5 Å². The van der Waals surface area contributed by atoms with E-state index in [0.717, 1.165) is 44.6 Å². The van der Waals surface area contributed by atoms with E-state index in [1.54, 1.807) is 0 Å². The van der Waals surface area contributed by atoms with E-state index in [1.807, 2.05) is 0 Å². The average Bonchev–Trinajstić information content (AvgIpc) is 2.72. The van der Waals surface area contributed by atoms with E-state index >= 15 is 0 Å². The van der Waals surface area contributed by atoms with Gasteiger partial charge in [-0.1, -0.05) is 18.2 Å². The average molecular weight is 358 g/mol. The van der Waals surface area contributed by atoms with Crippen molar-refractivity contribution in [2.75, 3.05) is 20.1 Å². The predicted molar refractivity (Wildman–Crippen MR) is 80.3 cm³/mol. The van der Waals surface area contributed by atoms with Gasteiger partial charge in [0.25, 0.3) is 0 Å². The van der Waals surface area contributed by atoms with Crippen LogP contribution in [0.4, 0.5) is 0 Å². The Morgan fingerprint density at radius 2 is 1.83 bits per heavy atom. The van der Waals surface area contributed by atoms with Crippen LogP contribution in [0.5, 0.6) is 0 Å². The van der Waals surface area contributed by atoms with Crippen LogP contribution in [0.2, 0.25) is 0 Å². The molecule has 18 heavy (non-hydrogen) atoms. The molecule has 0 spiro atoms. The fraction of sp³-hybridized carbons (Fsp3) is 0.571. The summed E-state index contributed by atoms with van der Waals surface area (Å²) in [6.07, 6.45) is 1.69. The molecule has 2 aliphatic heterocycles. The predicted octanol–water partition coefficient (Wildman–Crippen LogP) is 2.27. The van der Waals surface area contributed by atoms with Crippen molar-refractivity contribution in [1.82, 2.24) is 8.01 Å². The molecule has 0 saturated carbocycles. The molecule has 0 bridgehead atoms. The maximum absolute atomic E-state index is 10.8. The fourth-order valence-electron chi connectivity index (χ4n) is 2.92. The SMILES string of the molecule is CN1CCC(O)(c2ccc3c(c2)CN(I)C3)CC1. The molecule has 1 saturated heterocycles. The lowest BCUT2D eigenvalue weighted by Crippen LogP contribution is -2.40. The van der Waals surface area contributed by atoms with E-state index in [-0.39, 0.29) is 0 Å². The number of halogens is 1. The molecule has 0 radical (unpaired) electrons. The van der Waals surface area contributed by atoms with Crippen LogP contribution in [0, 0.1) is 0 Å². The molecule has 0 aliphatic carbocycles. The third kappa shape index (κ3) is 2.31. The van der Waals surface area contributed by atoms with Crippen molar-refractivity contribution in [3.63, 3.8) is 0 Å². The number of aliphatic hydroxyl groups is 1. The molecule has 0 atom stereocenters. The Morgan fingerprint density at radius 3 is 2.56 bits per heavy atom. The zero-order chi connectivity index (χ0) is 12.8. The van der Waals surface area contributed by atoms with Crippen molar-refractivity contribution in [3.05, 3.63) is 34.9 Å². The minimum Gasteiger partial charge on any atom is -0.385 e. The summed E-state index contributed by atoms with van der Waals surface area (Å²) in [4.78, 5) is 2.29. The second-order valence-electron chi connectivity index (χ2n) is 5.60. The van der Waals surface area contributed by atoms with Gasteiger partial charge in [0.2, 0.25) is 0 Å². The van der Waals surface area contributed by atoms with Gasteiger partial charge in [-0.2, -0.15) is 0 Å². The smallest absolute Gasteiger partial charge is 0.0921 e. The monoisotopic (exact) mass is 358 g/mol. The van der Waals surface area contributed by atoms with Gasteiger partial charge in [-0.15, -0.1) is 0 Å². The van der Waals surface area contributed by atoms with E-state index in [0.29, 0.717) is 0 Å². The number of nitrogens with zero attached hydrogens (tertiary/aromatic N) is 2. The minimum absolute atomic E-state index is 0.611. The summed E-state index contributed by atoms with van der Waals surface area (Å²) >= 11 is 2.36. The van der Waals surface area contributed by atoms with Gasteiger partial charge in [-0.25, -0.2) is 3.11 Å². The summed E-state index contributed by atoms with van der Waals surface area (Å²) in [7, 11) is 2.12. The van der Waals surface area contributed by atoms with Crippen molar-refractivity contribution < 1.29 is 5.11 Å². The van der Waals surface area contributed by atoms with Crippen LogP contribution in [0.15, 0.2) is 18.2 Å². The molecule has 1 aromatic carbocycles. The topological polar surface area (TPSA) is 26.7 Å². The molecule has 1 N–H and O–H groups in total. The van der Waals surface area contributed by atoms with E-state index in [1.165, 1.54) is 11.1 Å². The first-order valence-electron chi connectivity index (χ1n) is 6.51. The number of fused-ring (bicyclic) bond motifs is 1. The van der Waals surface area contributed by atoms with Crippen LogP contribution in [0.25, 0.3) is 0 Å². The first-order chi connectivity index (χ1) is 8.57. The van der Waals surface area contributed by atoms with Crippen LogP contribution in [-0.2, 0) is 18.7 Å². The lowest BCUT2D eigenvalue weighted by molar-refractivity contribution is -0.0203. The number of piperidine rings is 1. The molecule has 0 unspecified atom stereocenters. The molecule has 4 heteroatoms. The van der Waals surface area contributed by atoms with E-state index in [4.69, 9.17) is 0 Å². The van der Waals surface area contributed by atoms with Crippen LogP contribution < -0.4 is 0 Å². The highest BCUT2D eigenvalue weighted by molar-refractivity contribution is 14.1. The Hall–Kier alpha value is -0.170. The molecule has 2 aliphatic rings. The van der Waals surface area contributed by atoms with Crippen molar-refractivity contribution >= 4 is 22.9 Å². The molecule has 2 heterocycles. The lowest BCUT2D eigenvalue weighted by Gasteiger charge is -2.37. The third-order valence-corrected chi connectivity index (χ3v) is 4.92. The van der Waals surface area contributed by atoms with Crippen LogP contribution in [-0.4, -0.2) is 33.3 Å². The van der Waals surface area contributed by atoms with Gasteiger partial charge in [0, 0.05) is 49.0 Å². The van der Waals surface area contributed by atoms with Gasteiger partial charge in [-0.3, -0.25) is 0 Å². The highest BCUT2D eigenvalue weighted by Crippen LogP contribution is 2.35. The Kier molecular flexibility index (Phi) is 3.38. The standard InChI is InChI=1S/C14H19IN2O/c1-16-6-4-14(18,5-7-16)13-3-2-11-9-17(15)10-12(11)8-13/h2-3,8,18H,4-7,9-10H2,1H3. The maximum atomic E-state index is 10.8. The Bertz CT molecular complexity index is 455. The summed E-state index contributed by atoms with van der Waals surface area (Å²) in [6, 6.07) is 6.54. The van der Waals surface area contributed by atoms with Gasteiger partial charge in [-0.05, 0) is 36.6 Å². The number of rotatable bonds is 1. The Morgan fingerprint density at radius 1 is 1.17 bits per heavy atom. The first kappa shape index (κ1) is 12.8. The number of likely N-dealkylation sites (tertiary alicyclic amines) is 1. The fourth-order valence-corrected chi connectivity index (χ4v) is 3.65. The summed E-state index contributed by atoms with van der Waals surface area (Å²) in [6.45, 7) is 3.98. The normalized spacial score (nSPS) is 24.2. The lowest BCUT2D eigenvalue weighted by atomic mass is 9.83. The van der Waals surface area contributed by atoms with Gasteiger partial charge in [0.05, 0.1) is 5.60 Å². The Balaban J connectivity index is 1.87. The molecule has 1 fully saturated rings. The number of benzene rings is 1. The third-order valence-electron chi connectivity index (χ3n) is 4.24. The molecule has 3 nitrogen and oxygen atoms in total. The number of hydrogen-bond acceptors (Lipinski definition) is 3. The van der Waals surface area contributed by atoms with Crippen LogP contribution in [0.3, 0.4) is 0 Å². The Labute approximate surface area is 122 Å². The van der Waals surface area contributed by atoms with Gasteiger partial charge in [0.15, 0.2) is 0 Å². The molecule has 1 aromatic rings. The quantitative estimate of drug-likeness (QED) is 0.616. The van der Waals surface area contributed by atoms with Crippen molar-refractivity contribution in [1.29, 1.82) is 0 Å². The van der Waals surface area contributed by atoms with Gasteiger partial charge >= 0.3 is 0 Å². The molecular weight excluding hydrogens is 339 g/mol. The highest BCUT2D eigenvalue weighted by atomic mass is 127. The van der Waals surface area contributed by atoms with Crippen molar-refractivity contribution in [3.8, 4) is 0 Å². The molecule has 0 aromatic heterocycles. The second-order valence-corrected chi connectivity index (χ2v) is 6.96. The summed E-state index contributed by atoms with van der Waals surface area (Å²) < 4.78 is 2.28. The molecule has 98 valence electrons.